The highest BCUT2D eigenvalue weighted by molar-refractivity contribution is 5.94. The third-order valence-corrected chi connectivity index (χ3v) is 5.78. The van der Waals surface area contributed by atoms with Crippen LogP contribution in [0.25, 0.3) is 0 Å². The second kappa shape index (κ2) is 9.87. The standard InChI is InChI=1S/C23H27FN4O3/c24-20-6-4-18(5-7-20)23(30)28-9-1-2-19(16-28)22(29)26-15-17-3-8-21(25-14-17)27-10-12-31-13-11-27/h3-8,14,19H,1-2,9-13,15-16H2,(H,26,29)/t19-/m0/s1. The number of ether oxygens (including phenoxy) is 1. The molecular weight excluding hydrogens is 399 g/mol. The fourth-order valence-electron chi connectivity index (χ4n) is 3.98. The highest BCUT2D eigenvalue weighted by Gasteiger charge is 2.28. The summed E-state index contributed by atoms with van der Waals surface area (Å²) in [6, 6.07) is 9.46. The van der Waals surface area contributed by atoms with Crippen molar-refractivity contribution in [3.05, 3.63) is 59.5 Å². The molecule has 2 fully saturated rings. The van der Waals surface area contributed by atoms with E-state index in [2.05, 4.69) is 15.2 Å². The van der Waals surface area contributed by atoms with Gasteiger partial charge in [-0.2, -0.15) is 0 Å². The molecule has 8 heteroatoms. The molecule has 2 saturated heterocycles. The van der Waals surface area contributed by atoms with Crippen LogP contribution < -0.4 is 10.2 Å². The average Bonchev–Trinajstić information content (AvgIpc) is 2.83. The van der Waals surface area contributed by atoms with Gasteiger partial charge in [0.1, 0.15) is 11.6 Å². The molecule has 1 aromatic heterocycles. The fourth-order valence-corrected chi connectivity index (χ4v) is 3.98. The van der Waals surface area contributed by atoms with Gasteiger partial charge in [-0.25, -0.2) is 9.37 Å². The number of amides is 2. The number of carbonyl (C=O) groups is 2. The summed E-state index contributed by atoms with van der Waals surface area (Å²) < 4.78 is 18.5. The SMILES string of the molecule is O=C(NCc1ccc(N2CCOCC2)nc1)[C@H]1CCCN(C(=O)c2ccc(F)cc2)C1. The van der Waals surface area contributed by atoms with Crippen LogP contribution in [0.5, 0.6) is 0 Å². The highest BCUT2D eigenvalue weighted by atomic mass is 19.1. The van der Waals surface area contributed by atoms with Crippen molar-refractivity contribution in [3.8, 4) is 0 Å². The highest BCUT2D eigenvalue weighted by Crippen LogP contribution is 2.20. The van der Waals surface area contributed by atoms with E-state index in [9.17, 15) is 14.0 Å². The molecule has 0 saturated carbocycles. The van der Waals surface area contributed by atoms with E-state index in [1.807, 2.05) is 12.1 Å². The molecule has 2 aliphatic rings. The minimum absolute atomic E-state index is 0.0612. The van der Waals surface area contributed by atoms with Crippen molar-refractivity contribution in [2.45, 2.75) is 19.4 Å². The number of halogens is 1. The topological polar surface area (TPSA) is 74.8 Å². The van der Waals surface area contributed by atoms with E-state index in [4.69, 9.17) is 4.74 Å². The first kappa shape index (κ1) is 21.2. The molecule has 1 N–H and O–H groups in total. The second-order valence-electron chi connectivity index (χ2n) is 7.94. The molecule has 2 aliphatic heterocycles. The maximum Gasteiger partial charge on any atom is 0.253 e. The zero-order valence-electron chi connectivity index (χ0n) is 17.4. The number of piperidine rings is 1. The van der Waals surface area contributed by atoms with E-state index in [0.29, 0.717) is 38.4 Å². The molecule has 1 atom stereocenters. The third kappa shape index (κ3) is 5.38. The summed E-state index contributed by atoms with van der Waals surface area (Å²) in [5.74, 6) is 0.0634. The van der Waals surface area contributed by atoms with E-state index in [1.165, 1.54) is 24.3 Å². The Balaban J connectivity index is 1.29. The molecule has 2 aromatic rings. The van der Waals surface area contributed by atoms with E-state index in [0.717, 1.165) is 37.3 Å². The average molecular weight is 426 g/mol. The summed E-state index contributed by atoms with van der Waals surface area (Å²) >= 11 is 0. The number of anilines is 1. The maximum atomic E-state index is 13.1. The minimum Gasteiger partial charge on any atom is -0.378 e. The number of pyridine rings is 1. The largest absolute Gasteiger partial charge is 0.378 e. The van der Waals surface area contributed by atoms with Crippen molar-refractivity contribution in [1.29, 1.82) is 0 Å². The zero-order valence-corrected chi connectivity index (χ0v) is 17.4. The molecule has 164 valence electrons. The minimum atomic E-state index is -0.375. The van der Waals surface area contributed by atoms with Gasteiger partial charge in [-0.05, 0) is 48.7 Å². The Morgan fingerprint density at radius 1 is 1.10 bits per heavy atom. The summed E-state index contributed by atoms with van der Waals surface area (Å²) in [7, 11) is 0. The molecule has 4 rings (SSSR count). The lowest BCUT2D eigenvalue weighted by Crippen LogP contribution is -2.45. The lowest BCUT2D eigenvalue weighted by atomic mass is 9.96. The van der Waals surface area contributed by atoms with Gasteiger partial charge in [0, 0.05) is 44.5 Å². The normalized spacial score (nSPS) is 19.2. The van der Waals surface area contributed by atoms with Crippen molar-refractivity contribution in [3.63, 3.8) is 0 Å². The van der Waals surface area contributed by atoms with Crippen LogP contribution in [0.15, 0.2) is 42.6 Å². The van der Waals surface area contributed by atoms with Crippen molar-refractivity contribution in [2.75, 3.05) is 44.3 Å². The lowest BCUT2D eigenvalue weighted by molar-refractivity contribution is -0.126. The number of aromatic nitrogens is 1. The predicted octanol–water partition coefficient (Wildman–Crippen LogP) is 2.23. The molecule has 1 aromatic carbocycles. The Kier molecular flexibility index (Phi) is 6.76. The summed E-state index contributed by atoms with van der Waals surface area (Å²) in [5.41, 5.74) is 1.37. The Morgan fingerprint density at radius 2 is 1.87 bits per heavy atom. The number of rotatable bonds is 5. The Bertz CT molecular complexity index is 898. The fraction of sp³-hybridized carbons (Fsp3) is 0.435. The second-order valence-corrected chi connectivity index (χ2v) is 7.94. The number of nitrogens with one attached hydrogen (secondary N) is 1. The van der Waals surface area contributed by atoms with E-state index >= 15 is 0 Å². The van der Waals surface area contributed by atoms with Crippen molar-refractivity contribution >= 4 is 17.6 Å². The first-order valence-electron chi connectivity index (χ1n) is 10.7. The summed E-state index contributed by atoms with van der Waals surface area (Å²) in [6.45, 7) is 4.46. The molecule has 2 amide bonds. The van der Waals surface area contributed by atoms with Crippen LogP contribution in [-0.4, -0.2) is 61.1 Å². The predicted molar refractivity (Wildman–Crippen MR) is 114 cm³/mol. The van der Waals surface area contributed by atoms with Crippen LogP contribution in [0.3, 0.4) is 0 Å². The van der Waals surface area contributed by atoms with Crippen LogP contribution in [0, 0.1) is 11.7 Å². The van der Waals surface area contributed by atoms with Gasteiger partial charge in [0.2, 0.25) is 5.91 Å². The third-order valence-electron chi connectivity index (χ3n) is 5.78. The number of carbonyl (C=O) groups excluding carboxylic acids is 2. The molecule has 0 radical (unpaired) electrons. The molecule has 3 heterocycles. The van der Waals surface area contributed by atoms with Crippen LogP contribution in [0.4, 0.5) is 10.2 Å². The van der Waals surface area contributed by atoms with Gasteiger partial charge in [-0.3, -0.25) is 9.59 Å². The summed E-state index contributed by atoms with van der Waals surface area (Å²) in [4.78, 5) is 33.7. The van der Waals surface area contributed by atoms with Gasteiger partial charge in [-0.1, -0.05) is 6.07 Å². The molecule has 0 bridgehead atoms. The van der Waals surface area contributed by atoms with E-state index in [-0.39, 0.29) is 23.5 Å². The molecule has 0 aliphatic carbocycles. The molecular formula is C23H27FN4O3. The van der Waals surface area contributed by atoms with Crippen molar-refractivity contribution in [2.24, 2.45) is 5.92 Å². The zero-order chi connectivity index (χ0) is 21.6. The van der Waals surface area contributed by atoms with Gasteiger partial charge in [-0.15, -0.1) is 0 Å². The first-order valence-corrected chi connectivity index (χ1v) is 10.7. The summed E-state index contributed by atoms with van der Waals surface area (Å²) in [6.07, 6.45) is 3.30. The number of hydrogen-bond acceptors (Lipinski definition) is 5. The summed E-state index contributed by atoms with van der Waals surface area (Å²) in [5, 5.41) is 2.97. The monoisotopic (exact) mass is 426 g/mol. The van der Waals surface area contributed by atoms with Crippen LogP contribution >= 0.6 is 0 Å². The number of hydrogen-bond donors (Lipinski definition) is 1. The molecule has 0 unspecified atom stereocenters. The molecule has 0 spiro atoms. The van der Waals surface area contributed by atoms with Gasteiger partial charge >= 0.3 is 0 Å². The van der Waals surface area contributed by atoms with Gasteiger partial charge < -0.3 is 19.9 Å². The maximum absolute atomic E-state index is 13.1. The molecule has 7 nitrogen and oxygen atoms in total. The van der Waals surface area contributed by atoms with Gasteiger partial charge in [0.05, 0.1) is 19.1 Å². The Morgan fingerprint density at radius 3 is 2.58 bits per heavy atom. The quantitative estimate of drug-likeness (QED) is 0.794. The van der Waals surface area contributed by atoms with Crippen molar-refractivity contribution < 1.29 is 18.7 Å². The van der Waals surface area contributed by atoms with E-state index in [1.54, 1.807) is 11.1 Å². The van der Waals surface area contributed by atoms with Crippen LogP contribution in [0.1, 0.15) is 28.8 Å². The number of nitrogens with zero attached hydrogens (tertiary/aromatic N) is 3. The number of morpholine rings is 1. The first-order chi connectivity index (χ1) is 15.1. The van der Waals surface area contributed by atoms with Crippen molar-refractivity contribution in [1.82, 2.24) is 15.2 Å². The van der Waals surface area contributed by atoms with Crippen LogP contribution in [0.2, 0.25) is 0 Å². The van der Waals surface area contributed by atoms with Gasteiger partial charge in [0.15, 0.2) is 0 Å². The van der Waals surface area contributed by atoms with Gasteiger partial charge in [0.25, 0.3) is 5.91 Å². The van der Waals surface area contributed by atoms with Crippen LogP contribution in [-0.2, 0) is 16.1 Å². The lowest BCUT2D eigenvalue weighted by Gasteiger charge is -2.32. The Labute approximate surface area is 181 Å². The smallest absolute Gasteiger partial charge is 0.253 e. The van der Waals surface area contributed by atoms with E-state index < -0.39 is 0 Å². The molecule has 31 heavy (non-hydrogen) atoms. The number of benzene rings is 1. The number of likely N-dealkylation sites (tertiary alicyclic amines) is 1. The Hall–Kier alpha value is -3.00.